The molecule has 31 heavy (non-hydrogen) atoms. The third-order valence-electron chi connectivity index (χ3n) is 5.56. The van der Waals surface area contributed by atoms with Crippen molar-refractivity contribution < 1.29 is 27.4 Å². The van der Waals surface area contributed by atoms with E-state index in [1.54, 1.807) is 0 Å². The minimum absolute atomic E-state index is 0.675. The molecule has 0 atom stereocenters. The molecule has 2 aromatic rings. The van der Waals surface area contributed by atoms with Crippen LogP contribution in [0.2, 0.25) is 0 Å². The van der Waals surface area contributed by atoms with Crippen LogP contribution in [0, 0.1) is 0 Å². The van der Waals surface area contributed by atoms with E-state index in [0.29, 0.717) is 37.6 Å². The van der Waals surface area contributed by atoms with Crippen molar-refractivity contribution in [2.45, 2.75) is 12.3 Å². The number of anilines is 2. The van der Waals surface area contributed by atoms with Crippen molar-refractivity contribution in [1.82, 2.24) is 0 Å². The molecule has 2 aliphatic rings. The second-order valence-corrected chi connectivity index (χ2v) is 7.69. The maximum Gasteiger partial charge on any atom is 0.411 e. The quantitative estimate of drug-likeness (QED) is 0.683. The van der Waals surface area contributed by atoms with E-state index < -0.39 is 18.9 Å². The molecule has 2 aromatic carbocycles. The summed E-state index contributed by atoms with van der Waals surface area (Å²) in [5, 5.41) is 0. The van der Waals surface area contributed by atoms with Gasteiger partial charge in [0, 0.05) is 37.6 Å². The molecule has 0 aliphatic carbocycles. The molecule has 0 amide bonds. The van der Waals surface area contributed by atoms with Crippen LogP contribution in [0.25, 0.3) is 0 Å². The van der Waals surface area contributed by atoms with Crippen LogP contribution in [0.4, 0.5) is 24.5 Å². The van der Waals surface area contributed by atoms with Gasteiger partial charge in [0.1, 0.15) is 12.7 Å². The Morgan fingerprint density at radius 3 is 1.45 bits per heavy atom. The van der Waals surface area contributed by atoms with Gasteiger partial charge in [0.05, 0.1) is 26.4 Å². The lowest BCUT2D eigenvalue weighted by Crippen LogP contribution is -2.36. The normalized spacial score (nSPS) is 17.9. The molecule has 0 N–H and O–H groups in total. The summed E-state index contributed by atoms with van der Waals surface area (Å²) >= 11 is 0. The molecular weight excluding hydrogens is 409 g/mol. The van der Waals surface area contributed by atoms with Crippen molar-refractivity contribution in [3.05, 3.63) is 59.7 Å². The molecule has 0 saturated carbocycles. The lowest BCUT2D eigenvalue weighted by molar-refractivity contribution is -0.182. The van der Waals surface area contributed by atoms with Crippen LogP contribution in [-0.2, 0) is 14.2 Å². The molecule has 2 aliphatic heterocycles. The van der Waals surface area contributed by atoms with Gasteiger partial charge < -0.3 is 24.0 Å². The largest absolute Gasteiger partial charge is 0.411 e. The topological polar surface area (TPSA) is 34.2 Å². The average Bonchev–Trinajstić information content (AvgIpc) is 2.80. The molecule has 2 saturated heterocycles. The maximum atomic E-state index is 12.9. The van der Waals surface area contributed by atoms with Crippen LogP contribution in [-0.4, -0.2) is 65.4 Å². The Hall–Kier alpha value is -2.29. The minimum Gasteiger partial charge on any atom is -0.378 e. The first-order valence-electron chi connectivity index (χ1n) is 10.5. The van der Waals surface area contributed by atoms with Crippen LogP contribution in [0.5, 0.6) is 0 Å². The van der Waals surface area contributed by atoms with E-state index in [-0.39, 0.29) is 0 Å². The van der Waals surface area contributed by atoms with Gasteiger partial charge in [-0.05, 0) is 35.4 Å². The Balaban J connectivity index is 1.53. The van der Waals surface area contributed by atoms with Crippen molar-refractivity contribution in [1.29, 1.82) is 0 Å². The Labute approximate surface area is 180 Å². The van der Waals surface area contributed by atoms with Gasteiger partial charge >= 0.3 is 6.18 Å². The second-order valence-electron chi connectivity index (χ2n) is 7.69. The van der Waals surface area contributed by atoms with Gasteiger partial charge in [0.25, 0.3) is 0 Å². The van der Waals surface area contributed by atoms with Crippen molar-refractivity contribution in [2.75, 3.05) is 69.0 Å². The number of nitrogens with zero attached hydrogens (tertiary/aromatic N) is 2. The standard InChI is InChI=1S/C23H27F3N2O3/c24-23(25,26)17-31-22(18-1-5-20(6-2-18)27-9-13-29-14-10-27)19-3-7-21(8-4-19)28-11-15-30-16-12-28/h1-8,22H,9-17H2. The number of alkyl halides is 3. The van der Waals surface area contributed by atoms with Gasteiger partial charge in [0.15, 0.2) is 0 Å². The summed E-state index contributed by atoms with van der Waals surface area (Å²) in [4.78, 5) is 4.41. The molecule has 2 fully saturated rings. The van der Waals surface area contributed by atoms with Crippen LogP contribution < -0.4 is 9.80 Å². The number of halogens is 3. The zero-order chi connectivity index (χ0) is 21.7. The number of ether oxygens (including phenoxy) is 3. The fraction of sp³-hybridized carbons (Fsp3) is 0.478. The summed E-state index contributed by atoms with van der Waals surface area (Å²) in [6, 6.07) is 15.1. The predicted molar refractivity (Wildman–Crippen MR) is 113 cm³/mol. The van der Waals surface area contributed by atoms with Gasteiger partial charge in [-0.2, -0.15) is 13.2 Å². The van der Waals surface area contributed by atoms with Crippen molar-refractivity contribution in [3.63, 3.8) is 0 Å². The Morgan fingerprint density at radius 1 is 0.710 bits per heavy atom. The zero-order valence-electron chi connectivity index (χ0n) is 17.3. The number of hydrogen-bond donors (Lipinski definition) is 0. The number of morpholine rings is 2. The monoisotopic (exact) mass is 436 g/mol. The third-order valence-corrected chi connectivity index (χ3v) is 5.56. The highest BCUT2D eigenvalue weighted by Crippen LogP contribution is 2.31. The number of hydrogen-bond acceptors (Lipinski definition) is 5. The average molecular weight is 436 g/mol. The van der Waals surface area contributed by atoms with E-state index in [1.807, 2.05) is 48.5 Å². The lowest BCUT2D eigenvalue weighted by atomic mass is 10.00. The summed E-state index contributed by atoms with van der Waals surface area (Å²) in [5.74, 6) is 0. The SMILES string of the molecule is FC(F)(F)COC(c1ccc(N2CCOCC2)cc1)c1ccc(N2CCOCC2)cc1. The first-order chi connectivity index (χ1) is 15.0. The molecule has 0 unspecified atom stereocenters. The smallest absolute Gasteiger partial charge is 0.378 e. The molecule has 0 aromatic heterocycles. The van der Waals surface area contributed by atoms with Crippen molar-refractivity contribution in [2.24, 2.45) is 0 Å². The first kappa shape index (κ1) is 21.9. The highest BCUT2D eigenvalue weighted by molar-refractivity contribution is 5.51. The molecule has 0 radical (unpaired) electrons. The molecular formula is C23H27F3N2O3. The van der Waals surface area contributed by atoms with Crippen LogP contribution in [0.3, 0.4) is 0 Å². The van der Waals surface area contributed by atoms with Crippen LogP contribution in [0.15, 0.2) is 48.5 Å². The molecule has 168 valence electrons. The molecule has 0 spiro atoms. The Bertz CT molecular complexity index is 754. The highest BCUT2D eigenvalue weighted by Gasteiger charge is 2.30. The van der Waals surface area contributed by atoms with Crippen molar-refractivity contribution in [3.8, 4) is 0 Å². The van der Waals surface area contributed by atoms with E-state index >= 15 is 0 Å². The van der Waals surface area contributed by atoms with Gasteiger partial charge in [0.2, 0.25) is 0 Å². The van der Waals surface area contributed by atoms with Gasteiger partial charge in [-0.3, -0.25) is 0 Å². The van der Waals surface area contributed by atoms with Crippen LogP contribution in [0.1, 0.15) is 17.2 Å². The number of benzene rings is 2. The Morgan fingerprint density at radius 2 is 1.10 bits per heavy atom. The summed E-state index contributed by atoms with van der Waals surface area (Å²) < 4.78 is 54.8. The predicted octanol–water partition coefficient (Wildman–Crippen LogP) is 4.03. The fourth-order valence-electron chi connectivity index (χ4n) is 3.93. The third kappa shape index (κ3) is 5.90. The van der Waals surface area contributed by atoms with Gasteiger partial charge in [-0.15, -0.1) is 0 Å². The molecule has 8 heteroatoms. The molecule has 5 nitrogen and oxygen atoms in total. The van der Waals surface area contributed by atoms with Gasteiger partial charge in [-0.1, -0.05) is 24.3 Å². The summed E-state index contributed by atoms with van der Waals surface area (Å²) in [6.07, 6.45) is -5.18. The molecule has 4 rings (SSSR count). The fourth-order valence-corrected chi connectivity index (χ4v) is 3.93. The van der Waals surface area contributed by atoms with E-state index in [1.165, 1.54) is 0 Å². The van der Waals surface area contributed by atoms with E-state index in [2.05, 4.69) is 9.80 Å². The number of rotatable bonds is 6. The maximum absolute atomic E-state index is 12.9. The summed E-state index contributed by atoms with van der Waals surface area (Å²) in [7, 11) is 0. The first-order valence-corrected chi connectivity index (χ1v) is 10.5. The highest BCUT2D eigenvalue weighted by atomic mass is 19.4. The van der Waals surface area contributed by atoms with Gasteiger partial charge in [-0.25, -0.2) is 0 Å². The summed E-state index contributed by atoms with van der Waals surface area (Å²) in [6.45, 7) is 4.61. The molecule has 2 heterocycles. The lowest BCUT2D eigenvalue weighted by Gasteiger charge is -2.30. The van der Waals surface area contributed by atoms with Crippen LogP contribution >= 0.6 is 0 Å². The summed E-state index contributed by atoms with van der Waals surface area (Å²) in [5.41, 5.74) is 3.45. The molecule has 0 bridgehead atoms. The van der Waals surface area contributed by atoms with Crippen molar-refractivity contribution >= 4 is 11.4 Å². The van der Waals surface area contributed by atoms with E-state index in [4.69, 9.17) is 14.2 Å². The zero-order valence-corrected chi connectivity index (χ0v) is 17.3. The van der Waals surface area contributed by atoms with E-state index in [0.717, 1.165) is 37.6 Å². The minimum atomic E-state index is -4.39. The Kier molecular flexibility index (Phi) is 6.99. The second kappa shape index (κ2) is 9.89. The van der Waals surface area contributed by atoms with E-state index in [9.17, 15) is 13.2 Å².